The van der Waals surface area contributed by atoms with Gasteiger partial charge in [-0.3, -0.25) is 0 Å². The van der Waals surface area contributed by atoms with Crippen LogP contribution in [0.3, 0.4) is 0 Å². The van der Waals surface area contributed by atoms with Crippen molar-refractivity contribution < 1.29 is 4.79 Å². The van der Waals surface area contributed by atoms with Crippen molar-refractivity contribution in [2.45, 2.75) is 38.5 Å². The van der Waals surface area contributed by atoms with Crippen molar-refractivity contribution in [3.05, 3.63) is 0 Å². The summed E-state index contributed by atoms with van der Waals surface area (Å²) in [4.78, 5) is 13.3. The van der Waals surface area contributed by atoms with Crippen molar-refractivity contribution in [2.75, 3.05) is 19.6 Å². The molecule has 2 fully saturated rings. The minimum atomic E-state index is 0.0876. The molecule has 0 aromatic heterocycles. The van der Waals surface area contributed by atoms with Gasteiger partial charge < -0.3 is 9.69 Å². The number of likely N-dealkylation sites (tertiary alicyclic amines) is 1. The first-order chi connectivity index (χ1) is 6.35. The highest BCUT2D eigenvalue weighted by atomic mass is 16.1. The van der Waals surface area contributed by atoms with E-state index in [1.54, 1.807) is 0 Å². The van der Waals surface area contributed by atoms with Crippen LogP contribution in [0.15, 0.2) is 0 Å². The van der Waals surface area contributed by atoms with Gasteiger partial charge in [-0.15, -0.1) is 0 Å². The second-order valence-corrected chi connectivity index (χ2v) is 4.67. The van der Waals surface area contributed by atoms with Gasteiger partial charge in [0.15, 0.2) is 0 Å². The van der Waals surface area contributed by atoms with Crippen LogP contribution in [0.4, 0.5) is 0 Å². The smallest absolute Gasteiger partial charge is 0.127 e. The van der Waals surface area contributed by atoms with Gasteiger partial charge in [-0.25, -0.2) is 0 Å². The fraction of sp³-hybridized carbons (Fsp3) is 0.909. The molecule has 2 heteroatoms. The summed E-state index contributed by atoms with van der Waals surface area (Å²) in [5.41, 5.74) is 0.0876. The van der Waals surface area contributed by atoms with Gasteiger partial charge >= 0.3 is 0 Å². The van der Waals surface area contributed by atoms with Crippen LogP contribution >= 0.6 is 0 Å². The van der Waals surface area contributed by atoms with Crippen LogP contribution in [0.2, 0.25) is 0 Å². The third-order valence-electron chi connectivity index (χ3n) is 3.38. The van der Waals surface area contributed by atoms with E-state index in [2.05, 4.69) is 4.90 Å². The number of carbonyl (C=O) groups is 1. The standard InChI is InChI=1S/C11H19NO/c13-10-11(5-6-11)9-12-7-3-1-2-4-8-12/h10H,1-9H2. The zero-order chi connectivity index (χ0) is 9.15. The molecule has 1 saturated carbocycles. The maximum absolute atomic E-state index is 10.8. The Balaban J connectivity index is 1.82. The minimum absolute atomic E-state index is 0.0876. The first-order valence-corrected chi connectivity index (χ1v) is 5.53. The second-order valence-electron chi connectivity index (χ2n) is 4.67. The van der Waals surface area contributed by atoms with Crippen molar-refractivity contribution in [3.8, 4) is 0 Å². The summed E-state index contributed by atoms with van der Waals surface area (Å²) in [7, 11) is 0. The van der Waals surface area contributed by atoms with Crippen LogP contribution in [0.25, 0.3) is 0 Å². The first-order valence-electron chi connectivity index (χ1n) is 5.53. The van der Waals surface area contributed by atoms with E-state index in [1.807, 2.05) is 0 Å². The minimum Gasteiger partial charge on any atom is -0.303 e. The Kier molecular flexibility index (Phi) is 2.68. The van der Waals surface area contributed by atoms with Crippen LogP contribution < -0.4 is 0 Å². The molecule has 1 heterocycles. The van der Waals surface area contributed by atoms with Gasteiger partial charge in [-0.1, -0.05) is 12.8 Å². The zero-order valence-corrected chi connectivity index (χ0v) is 8.30. The number of nitrogens with zero attached hydrogens (tertiary/aromatic N) is 1. The number of hydrogen-bond acceptors (Lipinski definition) is 2. The summed E-state index contributed by atoms with van der Waals surface area (Å²) >= 11 is 0. The molecule has 13 heavy (non-hydrogen) atoms. The molecular weight excluding hydrogens is 162 g/mol. The van der Waals surface area contributed by atoms with Crippen LogP contribution in [-0.4, -0.2) is 30.8 Å². The lowest BCUT2D eigenvalue weighted by atomic mass is 10.1. The van der Waals surface area contributed by atoms with Crippen LogP contribution in [0.1, 0.15) is 38.5 Å². The monoisotopic (exact) mass is 181 g/mol. The van der Waals surface area contributed by atoms with Crippen molar-refractivity contribution in [3.63, 3.8) is 0 Å². The van der Waals surface area contributed by atoms with Gasteiger partial charge in [-0.2, -0.15) is 0 Å². The van der Waals surface area contributed by atoms with E-state index in [-0.39, 0.29) is 5.41 Å². The predicted molar refractivity (Wildman–Crippen MR) is 52.6 cm³/mol. The highest BCUT2D eigenvalue weighted by molar-refractivity contribution is 5.63. The summed E-state index contributed by atoms with van der Waals surface area (Å²) in [5, 5.41) is 0. The fourth-order valence-corrected chi connectivity index (χ4v) is 2.21. The number of carbonyl (C=O) groups excluding carboxylic acids is 1. The summed E-state index contributed by atoms with van der Waals surface area (Å²) < 4.78 is 0. The molecule has 0 aromatic rings. The van der Waals surface area contributed by atoms with Gasteiger partial charge in [0.1, 0.15) is 6.29 Å². The third kappa shape index (κ3) is 2.31. The zero-order valence-electron chi connectivity index (χ0n) is 8.30. The van der Waals surface area contributed by atoms with Crippen molar-refractivity contribution in [2.24, 2.45) is 5.41 Å². The summed E-state index contributed by atoms with van der Waals surface area (Å²) in [6.07, 6.45) is 8.87. The summed E-state index contributed by atoms with van der Waals surface area (Å²) in [5.74, 6) is 0. The van der Waals surface area contributed by atoms with Gasteiger partial charge in [0.05, 0.1) is 0 Å². The molecule has 1 aliphatic heterocycles. The molecule has 1 aliphatic carbocycles. The SMILES string of the molecule is O=CC1(CN2CCCCCC2)CC1. The molecule has 0 spiro atoms. The largest absolute Gasteiger partial charge is 0.303 e. The summed E-state index contributed by atoms with van der Waals surface area (Å²) in [6, 6.07) is 0. The van der Waals surface area contributed by atoms with Gasteiger partial charge in [0.25, 0.3) is 0 Å². The van der Waals surface area contributed by atoms with Crippen molar-refractivity contribution >= 4 is 6.29 Å². The molecule has 2 aliphatic rings. The lowest BCUT2D eigenvalue weighted by Crippen LogP contribution is -2.32. The third-order valence-corrected chi connectivity index (χ3v) is 3.38. The Morgan fingerprint density at radius 1 is 1.08 bits per heavy atom. The average Bonchev–Trinajstić information content (AvgIpc) is 2.92. The number of aldehydes is 1. The lowest BCUT2D eigenvalue weighted by molar-refractivity contribution is -0.112. The van der Waals surface area contributed by atoms with E-state index >= 15 is 0 Å². The summed E-state index contributed by atoms with van der Waals surface area (Å²) in [6.45, 7) is 3.47. The van der Waals surface area contributed by atoms with E-state index in [9.17, 15) is 4.79 Å². The molecule has 2 nitrogen and oxygen atoms in total. The van der Waals surface area contributed by atoms with E-state index in [1.165, 1.54) is 45.1 Å². The molecule has 0 aromatic carbocycles. The maximum atomic E-state index is 10.8. The Hall–Kier alpha value is -0.370. The van der Waals surface area contributed by atoms with E-state index < -0.39 is 0 Å². The van der Waals surface area contributed by atoms with Gasteiger partial charge in [0.2, 0.25) is 0 Å². The van der Waals surface area contributed by atoms with Gasteiger partial charge in [-0.05, 0) is 38.8 Å². The molecule has 0 bridgehead atoms. The fourth-order valence-electron chi connectivity index (χ4n) is 2.21. The normalized spacial score (nSPS) is 28.0. The maximum Gasteiger partial charge on any atom is 0.127 e. The van der Waals surface area contributed by atoms with E-state index in [4.69, 9.17) is 0 Å². The van der Waals surface area contributed by atoms with Gasteiger partial charge in [0, 0.05) is 12.0 Å². The molecular formula is C11H19NO. The van der Waals surface area contributed by atoms with Crippen LogP contribution in [0, 0.1) is 5.41 Å². The number of hydrogen-bond donors (Lipinski definition) is 0. The molecule has 0 radical (unpaired) electrons. The average molecular weight is 181 g/mol. The second kappa shape index (κ2) is 3.79. The molecule has 0 atom stereocenters. The van der Waals surface area contributed by atoms with E-state index in [0.29, 0.717) is 0 Å². The van der Waals surface area contributed by atoms with Crippen molar-refractivity contribution in [1.29, 1.82) is 0 Å². The van der Waals surface area contributed by atoms with Crippen LogP contribution in [-0.2, 0) is 4.79 Å². The molecule has 2 rings (SSSR count). The molecule has 0 N–H and O–H groups in total. The lowest BCUT2D eigenvalue weighted by Gasteiger charge is -2.22. The molecule has 0 amide bonds. The predicted octanol–water partition coefficient (Wildman–Crippen LogP) is 1.84. The Bertz CT molecular complexity index is 179. The van der Waals surface area contributed by atoms with Crippen molar-refractivity contribution in [1.82, 2.24) is 4.90 Å². The highest BCUT2D eigenvalue weighted by Gasteiger charge is 2.43. The first kappa shape index (κ1) is 9.20. The highest BCUT2D eigenvalue weighted by Crippen LogP contribution is 2.44. The molecule has 1 saturated heterocycles. The van der Waals surface area contributed by atoms with E-state index in [0.717, 1.165) is 19.4 Å². The molecule has 0 unspecified atom stereocenters. The van der Waals surface area contributed by atoms with Crippen LogP contribution in [0.5, 0.6) is 0 Å². The quantitative estimate of drug-likeness (QED) is 0.619. The molecule has 74 valence electrons. The Morgan fingerprint density at radius 2 is 1.69 bits per heavy atom. The topological polar surface area (TPSA) is 20.3 Å². The Morgan fingerprint density at radius 3 is 2.15 bits per heavy atom. The number of rotatable bonds is 3. The Labute approximate surface area is 80.3 Å².